The maximum absolute atomic E-state index is 11.2. The van der Waals surface area contributed by atoms with E-state index in [2.05, 4.69) is 10.6 Å². The van der Waals surface area contributed by atoms with Crippen LogP contribution in [0.4, 0.5) is 0 Å². The minimum absolute atomic E-state index is 0.0470. The number of rotatable bonds is 6. The predicted molar refractivity (Wildman–Crippen MR) is 56.2 cm³/mol. The average molecular weight is 221 g/mol. The first-order valence-electron chi connectivity index (χ1n) is 4.72. The zero-order valence-electron chi connectivity index (χ0n) is 8.60. The molecule has 0 aliphatic rings. The fourth-order valence-corrected chi connectivity index (χ4v) is 0.906. The Kier molecular flexibility index (Phi) is 7.20. The Hall–Kier alpha value is -0.770. The fraction of sp³-hybridized carbons (Fsp3) is 0.778. The number of alkyl halides is 1. The van der Waals surface area contributed by atoms with Gasteiger partial charge in [0.15, 0.2) is 0 Å². The van der Waals surface area contributed by atoms with E-state index in [1.54, 1.807) is 0 Å². The minimum Gasteiger partial charge on any atom is -0.355 e. The van der Waals surface area contributed by atoms with Gasteiger partial charge in [-0.25, -0.2) is 0 Å². The third-order valence-corrected chi connectivity index (χ3v) is 2.06. The number of hydrogen-bond acceptors (Lipinski definition) is 2. The zero-order valence-corrected chi connectivity index (χ0v) is 9.36. The van der Waals surface area contributed by atoms with Crippen molar-refractivity contribution in [2.45, 2.75) is 32.7 Å². The van der Waals surface area contributed by atoms with Gasteiger partial charge in [0.05, 0.1) is 0 Å². The number of nitrogens with one attached hydrogen (secondary N) is 2. The smallest absolute Gasteiger partial charge is 0.234 e. The molecule has 14 heavy (non-hydrogen) atoms. The van der Waals surface area contributed by atoms with Gasteiger partial charge in [-0.1, -0.05) is 6.92 Å². The minimum atomic E-state index is -0.247. The van der Waals surface area contributed by atoms with Crippen LogP contribution in [0.5, 0.6) is 0 Å². The molecule has 82 valence electrons. The molecule has 1 unspecified atom stereocenters. The van der Waals surface area contributed by atoms with Crippen LogP contribution in [-0.2, 0) is 9.59 Å². The lowest BCUT2D eigenvalue weighted by atomic mass is 10.2. The topological polar surface area (TPSA) is 58.2 Å². The molecule has 0 aromatic rings. The average Bonchev–Trinajstić information content (AvgIpc) is 2.17. The van der Waals surface area contributed by atoms with E-state index in [1.807, 2.05) is 13.8 Å². The van der Waals surface area contributed by atoms with Crippen LogP contribution in [-0.4, -0.2) is 30.3 Å². The summed E-state index contributed by atoms with van der Waals surface area (Å²) >= 11 is 5.26. The van der Waals surface area contributed by atoms with E-state index in [-0.39, 0.29) is 23.7 Å². The summed E-state index contributed by atoms with van der Waals surface area (Å²) in [6.07, 6.45) is 1.20. The van der Waals surface area contributed by atoms with E-state index in [0.717, 1.165) is 6.42 Å². The molecule has 0 aliphatic carbocycles. The van der Waals surface area contributed by atoms with Crippen molar-refractivity contribution >= 4 is 23.4 Å². The summed E-state index contributed by atoms with van der Waals surface area (Å²) in [4.78, 5) is 21.9. The van der Waals surface area contributed by atoms with Gasteiger partial charge in [0.1, 0.15) is 5.88 Å². The van der Waals surface area contributed by atoms with Gasteiger partial charge in [0.2, 0.25) is 11.8 Å². The second-order valence-corrected chi connectivity index (χ2v) is 3.38. The number of amides is 2. The van der Waals surface area contributed by atoms with Gasteiger partial charge in [0, 0.05) is 19.0 Å². The molecule has 5 heteroatoms. The summed E-state index contributed by atoms with van der Waals surface area (Å²) in [6, 6.07) is 0.186. The highest BCUT2D eigenvalue weighted by atomic mass is 35.5. The molecule has 0 saturated carbocycles. The molecular weight excluding hydrogens is 204 g/mol. The molecule has 1 atom stereocenters. The lowest BCUT2D eigenvalue weighted by Crippen LogP contribution is -2.35. The SMILES string of the molecule is CCC(C)NC(=O)CCNC(=O)CCl. The number of carbonyl (C=O) groups excluding carboxylic acids is 2. The molecule has 0 aromatic heterocycles. The summed E-state index contributed by atoms with van der Waals surface area (Å²) in [5, 5.41) is 5.32. The second-order valence-electron chi connectivity index (χ2n) is 3.11. The molecule has 0 aliphatic heterocycles. The van der Waals surface area contributed by atoms with Crippen molar-refractivity contribution in [2.75, 3.05) is 12.4 Å². The first-order valence-corrected chi connectivity index (χ1v) is 5.25. The first-order chi connectivity index (χ1) is 6.60. The molecule has 2 amide bonds. The highest BCUT2D eigenvalue weighted by Gasteiger charge is 2.05. The van der Waals surface area contributed by atoms with E-state index >= 15 is 0 Å². The summed E-state index contributed by atoms with van der Waals surface area (Å²) in [5.41, 5.74) is 0. The van der Waals surface area contributed by atoms with E-state index in [0.29, 0.717) is 13.0 Å². The number of hydrogen-bond donors (Lipinski definition) is 2. The molecule has 0 spiro atoms. The maximum Gasteiger partial charge on any atom is 0.234 e. The quantitative estimate of drug-likeness (QED) is 0.646. The molecule has 0 aromatic carbocycles. The van der Waals surface area contributed by atoms with Gasteiger partial charge >= 0.3 is 0 Å². The Labute approximate surface area is 89.4 Å². The van der Waals surface area contributed by atoms with Crippen LogP contribution in [0.15, 0.2) is 0 Å². The van der Waals surface area contributed by atoms with Crippen LogP contribution in [0.2, 0.25) is 0 Å². The Morgan fingerprint density at radius 3 is 2.50 bits per heavy atom. The van der Waals surface area contributed by atoms with Crippen LogP contribution in [0.3, 0.4) is 0 Å². The molecule has 4 nitrogen and oxygen atoms in total. The summed E-state index contributed by atoms with van der Waals surface area (Å²) in [6.45, 7) is 4.28. The molecule has 0 saturated heterocycles. The predicted octanol–water partition coefficient (Wildman–Crippen LogP) is 0.646. The molecule has 0 fully saturated rings. The van der Waals surface area contributed by atoms with Gasteiger partial charge in [-0.3, -0.25) is 9.59 Å². The van der Waals surface area contributed by atoms with Gasteiger partial charge in [0.25, 0.3) is 0 Å². The van der Waals surface area contributed by atoms with E-state index in [9.17, 15) is 9.59 Å². The Morgan fingerprint density at radius 1 is 1.36 bits per heavy atom. The van der Waals surface area contributed by atoms with Crippen molar-refractivity contribution in [1.29, 1.82) is 0 Å². The molecule has 0 radical (unpaired) electrons. The lowest BCUT2D eigenvalue weighted by Gasteiger charge is -2.11. The van der Waals surface area contributed by atoms with Crippen LogP contribution >= 0.6 is 11.6 Å². The van der Waals surface area contributed by atoms with Crippen molar-refractivity contribution in [1.82, 2.24) is 10.6 Å². The lowest BCUT2D eigenvalue weighted by molar-refractivity contribution is -0.122. The normalized spacial score (nSPS) is 11.9. The van der Waals surface area contributed by atoms with Crippen molar-refractivity contribution in [3.05, 3.63) is 0 Å². The Bertz CT molecular complexity index is 197. The van der Waals surface area contributed by atoms with Gasteiger partial charge in [-0.15, -0.1) is 11.6 Å². The van der Waals surface area contributed by atoms with E-state index in [1.165, 1.54) is 0 Å². The second kappa shape index (κ2) is 7.62. The van der Waals surface area contributed by atoms with Crippen molar-refractivity contribution in [3.8, 4) is 0 Å². The molecule has 0 bridgehead atoms. The molecule has 0 heterocycles. The Balaban J connectivity index is 3.49. The van der Waals surface area contributed by atoms with Gasteiger partial charge in [-0.05, 0) is 13.3 Å². The fourth-order valence-electron chi connectivity index (χ4n) is 0.812. The van der Waals surface area contributed by atoms with Crippen LogP contribution in [0, 0.1) is 0 Å². The van der Waals surface area contributed by atoms with Crippen molar-refractivity contribution in [3.63, 3.8) is 0 Å². The zero-order chi connectivity index (χ0) is 11.0. The number of carbonyl (C=O) groups is 2. The van der Waals surface area contributed by atoms with Crippen LogP contribution in [0.25, 0.3) is 0 Å². The van der Waals surface area contributed by atoms with Crippen molar-refractivity contribution < 1.29 is 9.59 Å². The third-order valence-electron chi connectivity index (χ3n) is 1.82. The summed E-state index contributed by atoms with van der Waals surface area (Å²) in [7, 11) is 0. The summed E-state index contributed by atoms with van der Waals surface area (Å²) < 4.78 is 0. The highest BCUT2D eigenvalue weighted by molar-refractivity contribution is 6.27. The first kappa shape index (κ1) is 13.2. The largest absolute Gasteiger partial charge is 0.355 e. The summed E-state index contributed by atoms with van der Waals surface area (Å²) in [5.74, 6) is -0.357. The third kappa shape index (κ3) is 6.71. The van der Waals surface area contributed by atoms with E-state index < -0.39 is 0 Å². The number of halogens is 1. The van der Waals surface area contributed by atoms with Gasteiger partial charge in [-0.2, -0.15) is 0 Å². The highest BCUT2D eigenvalue weighted by Crippen LogP contribution is 1.89. The monoisotopic (exact) mass is 220 g/mol. The van der Waals surface area contributed by atoms with Crippen LogP contribution < -0.4 is 10.6 Å². The molecular formula is C9H17ClN2O2. The van der Waals surface area contributed by atoms with Crippen molar-refractivity contribution in [2.24, 2.45) is 0 Å². The van der Waals surface area contributed by atoms with E-state index in [4.69, 9.17) is 11.6 Å². The molecule has 2 N–H and O–H groups in total. The molecule has 0 rings (SSSR count). The standard InChI is InChI=1S/C9H17ClN2O2/c1-3-7(2)12-8(13)4-5-11-9(14)6-10/h7H,3-6H2,1-2H3,(H,11,14)(H,12,13). The van der Waals surface area contributed by atoms with Crippen LogP contribution in [0.1, 0.15) is 26.7 Å². The maximum atomic E-state index is 11.2. The van der Waals surface area contributed by atoms with Gasteiger partial charge < -0.3 is 10.6 Å². The Morgan fingerprint density at radius 2 is 2.00 bits per heavy atom.